The maximum Gasteiger partial charge on any atom is 0.119 e. The largest absolute Gasteiger partial charge is 0.303 e. The quantitative estimate of drug-likeness (QED) is 0.205. The van der Waals surface area contributed by atoms with E-state index in [4.69, 9.17) is 4.84 Å². The van der Waals surface area contributed by atoms with Crippen LogP contribution < -0.4 is 5.48 Å². The van der Waals surface area contributed by atoms with Crippen LogP contribution in [0.2, 0.25) is 0 Å². The minimum Gasteiger partial charge on any atom is -0.303 e. The van der Waals surface area contributed by atoms with Crippen molar-refractivity contribution in [1.82, 2.24) is 5.48 Å². The fourth-order valence-electron chi connectivity index (χ4n) is 9.57. The van der Waals surface area contributed by atoms with Crippen molar-refractivity contribution in [2.75, 3.05) is 13.2 Å². The van der Waals surface area contributed by atoms with Gasteiger partial charge in [0, 0.05) is 13.0 Å². The molecule has 0 aliphatic heterocycles. The number of hydrogen-bond donors (Lipinski definition) is 1. The molecule has 4 aliphatic carbocycles. The Kier molecular flexibility index (Phi) is 8.41. The maximum atomic E-state index is 10.4. The Balaban J connectivity index is 1.30. The van der Waals surface area contributed by atoms with E-state index in [9.17, 15) is 4.79 Å². The van der Waals surface area contributed by atoms with Crippen LogP contribution in [-0.2, 0) is 9.63 Å². The molecule has 0 aromatic carbocycles. The predicted molar refractivity (Wildman–Crippen MR) is 132 cm³/mol. The van der Waals surface area contributed by atoms with E-state index in [0.717, 1.165) is 67.8 Å². The molecule has 4 aliphatic rings. The van der Waals surface area contributed by atoms with Crippen molar-refractivity contribution in [1.29, 1.82) is 0 Å². The number of aldehydes is 1. The van der Waals surface area contributed by atoms with Gasteiger partial charge >= 0.3 is 0 Å². The second-order valence-corrected chi connectivity index (χ2v) is 12.5. The minimum atomic E-state index is 0.583. The highest BCUT2D eigenvalue weighted by Gasteiger charge is 2.60. The number of fused-ring (bicyclic) bond motifs is 5. The molecule has 0 radical (unpaired) electrons. The molecule has 184 valence electrons. The fourth-order valence-corrected chi connectivity index (χ4v) is 9.57. The van der Waals surface area contributed by atoms with Gasteiger partial charge in [-0.05, 0) is 117 Å². The summed E-state index contributed by atoms with van der Waals surface area (Å²) in [4.78, 5) is 16.1. The normalized spacial score (nSPS) is 43.3. The van der Waals surface area contributed by atoms with E-state index < -0.39 is 0 Å². The summed E-state index contributed by atoms with van der Waals surface area (Å²) in [5.41, 5.74) is 4.33. The lowest BCUT2D eigenvalue weighted by molar-refractivity contribution is -0.136. The number of carbonyl (C=O) groups is 1. The zero-order chi connectivity index (χ0) is 22.6. The van der Waals surface area contributed by atoms with Gasteiger partial charge in [-0.15, -0.1) is 0 Å². The van der Waals surface area contributed by atoms with Crippen LogP contribution in [0, 0.1) is 46.3 Å². The highest BCUT2D eigenvalue weighted by Crippen LogP contribution is 2.69. The molecule has 0 amide bonds. The van der Waals surface area contributed by atoms with Gasteiger partial charge < -0.3 is 9.63 Å². The molecule has 6 unspecified atom stereocenters. The first kappa shape index (κ1) is 24.7. The molecule has 4 fully saturated rings. The van der Waals surface area contributed by atoms with E-state index in [1.54, 1.807) is 6.42 Å². The van der Waals surface area contributed by atoms with Crippen molar-refractivity contribution < 1.29 is 9.63 Å². The smallest absolute Gasteiger partial charge is 0.119 e. The lowest BCUT2D eigenvalue weighted by Gasteiger charge is -2.62. The topological polar surface area (TPSA) is 38.3 Å². The molecule has 3 nitrogen and oxygen atoms in total. The van der Waals surface area contributed by atoms with Crippen molar-refractivity contribution >= 4 is 6.29 Å². The van der Waals surface area contributed by atoms with Gasteiger partial charge in [-0.2, -0.15) is 0 Å². The monoisotopic (exact) mass is 445 g/mol. The molecule has 0 spiro atoms. The first-order valence-corrected chi connectivity index (χ1v) is 14.3. The summed E-state index contributed by atoms with van der Waals surface area (Å²) in [5.74, 6) is 5.92. The van der Waals surface area contributed by atoms with Gasteiger partial charge in [0.05, 0.1) is 6.61 Å². The van der Waals surface area contributed by atoms with Gasteiger partial charge in [-0.25, -0.2) is 5.48 Å². The molecule has 8 atom stereocenters. The summed E-state index contributed by atoms with van der Waals surface area (Å²) in [5, 5.41) is 0. The van der Waals surface area contributed by atoms with Crippen molar-refractivity contribution in [2.24, 2.45) is 46.3 Å². The number of nitrogens with one attached hydrogen (secondary N) is 1. The summed E-state index contributed by atoms with van der Waals surface area (Å²) in [6, 6.07) is 0. The van der Waals surface area contributed by atoms with E-state index in [-0.39, 0.29) is 0 Å². The number of hydroxylamine groups is 1. The summed E-state index contributed by atoms with van der Waals surface area (Å²) >= 11 is 0. The molecule has 0 bridgehead atoms. The zero-order valence-electron chi connectivity index (χ0n) is 21.4. The summed E-state index contributed by atoms with van der Waals surface area (Å²) in [6.07, 6.45) is 21.1. The van der Waals surface area contributed by atoms with E-state index in [0.29, 0.717) is 17.3 Å². The van der Waals surface area contributed by atoms with Crippen LogP contribution in [0.25, 0.3) is 0 Å². The lowest BCUT2D eigenvalue weighted by Crippen LogP contribution is -2.55. The third-order valence-electron chi connectivity index (χ3n) is 11.2. The van der Waals surface area contributed by atoms with Crippen LogP contribution in [0.3, 0.4) is 0 Å². The van der Waals surface area contributed by atoms with Crippen molar-refractivity contribution in [3.63, 3.8) is 0 Å². The van der Waals surface area contributed by atoms with Crippen LogP contribution in [-0.4, -0.2) is 19.4 Å². The van der Waals surface area contributed by atoms with Gasteiger partial charge in [0.1, 0.15) is 6.29 Å². The SMILES string of the molecule is CC[C@H]1CC2C3CCC(CCCONCCCCC=O)C3(C)CC[C@@H]2C2(C)CCCCC12. The predicted octanol–water partition coefficient (Wildman–Crippen LogP) is 7.34. The molecule has 4 rings (SSSR count). The van der Waals surface area contributed by atoms with Crippen LogP contribution in [0.15, 0.2) is 0 Å². The van der Waals surface area contributed by atoms with E-state index in [2.05, 4.69) is 26.3 Å². The number of carbonyl (C=O) groups excluding carboxylic acids is 1. The van der Waals surface area contributed by atoms with Crippen molar-refractivity contribution in [3.8, 4) is 0 Å². The first-order valence-electron chi connectivity index (χ1n) is 14.3. The third kappa shape index (κ3) is 4.72. The Morgan fingerprint density at radius 3 is 2.59 bits per heavy atom. The summed E-state index contributed by atoms with van der Waals surface area (Å²) in [6.45, 7) is 9.59. The number of rotatable bonds is 11. The average molecular weight is 446 g/mol. The van der Waals surface area contributed by atoms with Crippen LogP contribution in [0.4, 0.5) is 0 Å². The molecule has 32 heavy (non-hydrogen) atoms. The second kappa shape index (κ2) is 10.9. The summed E-state index contributed by atoms with van der Waals surface area (Å²) < 4.78 is 0. The molecule has 0 aromatic heterocycles. The third-order valence-corrected chi connectivity index (χ3v) is 11.2. The standard InChI is InChI=1S/C29H51NO2/c1-4-22-21-24-26-14-13-23(11-10-20-32-30-18-8-5-9-19-31)28(26,2)17-15-27(24)29(3)16-7-6-12-25(22)29/h19,22-27,30H,4-18,20-21H2,1-3H3/t22-,23?,24?,25?,26?,27-,28?,29?/m0/s1. The molecule has 0 saturated heterocycles. The van der Waals surface area contributed by atoms with E-state index >= 15 is 0 Å². The molecule has 3 heteroatoms. The fraction of sp³-hybridized carbons (Fsp3) is 0.966. The van der Waals surface area contributed by atoms with Crippen molar-refractivity contribution in [2.45, 2.75) is 117 Å². The van der Waals surface area contributed by atoms with E-state index in [1.807, 2.05) is 0 Å². The highest BCUT2D eigenvalue weighted by molar-refractivity contribution is 5.48. The van der Waals surface area contributed by atoms with Gasteiger partial charge in [-0.3, -0.25) is 0 Å². The van der Waals surface area contributed by atoms with Crippen LogP contribution in [0.5, 0.6) is 0 Å². The highest BCUT2D eigenvalue weighted by atomic mass is 16.6. The van der Waals surface area contributed by atoms with Gasteiger partial charge in [0.25, 0.3) is 0 Å². The first-order chi connectivity index (χ1) is 15.5. The maximum absolute atomic E-state index is 10.4. The van der Waals surface area contributed by atoms with Crippen LogP contribution >= 0.6 is 0 Å². The molecule has 0 heterocycles. The zero-order valence-corrected chi connectivity index (χ0v) is 21.4. The molecular formula is C29H51NO2. The average Bonchev–Trinajstić information content (AvgIpc) is 3.13. The summed E-state index contributed by atoms with van der Waals surface area (Å²) in [7, 11) is 0. The van der Waals surface area contributed by atoms with Gasteiger partial charge in [0.2, 0.25) is 0 Å². The Morgan fingerprint density at radius 2 is 1.78 bits per heavy atom. The molecule has 4 saturated carbocycles. The van der Waals surface area contributed by atoms with E-state index in [1.165, 1.54) is 70.6 Å². The van der Waals surface area contributed by atoms with Gasteiger partial charge in [0.15, 0.2) is 0 Å². The van der Waals surface area contributed by atoms with Crippen LogP contribution in [0.1, 0.15) is 117 Å². The number of unbranched alkanes of at least 4 members (excludes halogenated alkanes) is 2. The molecular weight excluding hydrogens is 394 g/mol. The number of hydrogen-bond acceptors (Lipinski definition) is 3. The van der Waals surface area contributed by atoms with Gasteiger partial charge in [-0.1, -0.05) is 40.0 Å². The lowest BCUT2D eigenvalue weighted by atomic mass is 9.42. The second-order valence-electron chi connectivity index (χ2n) is 12.5. The Morgan fingerprint density at radius 1 is 0.938 bits per heavy atom. The Labute approximate surface area is 198 Å². The Hall–Kier alpha value is -0.410. The minimum absolute atomic E-state index is 0.583. The van der Waals surface area contributed by atoms with Crippen molar-refractivity contribution in [3.05, 3.63) is 0 Å². The molecule has 0 aromatic rings. The molecule has 1 N–H and O–H groups in total. The Bertz CT molecular complexity index is 608.